The lowest BCUT2D eigenvalue weighted by atomic mass is 9.75. The summed E-state index contributed by atoms with van der Waals surface area (Å²) in [6.45, 7) is 12.1. The highest BCUT2D eigenvalue weighted by atomic mass is 14.4. The molecule has 0 amide bonds. The molecule has 13 heavy (non-hydrogen) atoms. The van der Waals surface area contributed by atoms with Gasteiger partial charge < -0.3 is 0 Å². The molecule has 0 heteroatoms. The minimum Gasteiger partial charge on any atom is -0.0625 e. The summed E-state index contributed by atoms with van der Waals surface area (Å²) < 4.78 is 0. The van der Waals surface area contributed by atoms with E-state index in [0.717, 1.165) is 29.6 Å². The third kappa shape index (κ3) is 2.48. The van der Waals surface area contributed by atoms with Crippen molar-refractivity contribution in [2.45, 2.75) is 53.9 Å². The zero-order chi connectivity index (χ0) is 10.0. The molecule has 0 aromatic rings. The Morgan fingerprint density at radius 1 is 0.923 bits per heavy atom. The van der Waals surface area contributed by atoms with E-state index in [9.17, 15) is 0 Å². The van der Waals surface area contributed by atoms with E-state index in [4.69, 9.17) is 0 Å². The van der Waals surface area contributed by atoms with E-state index in [1.807, 2.05) is 0 Å². The molecular formula is C13H26. The van der Waals surface area contributed by atoms with Crippen LogP contribution in [-0.4, -0.2) is 0 Å². The monoisotopic (exact) mass is 182 g/mol. The summed E-state index contributed by atoms with van der Waals surface area (Å²) in [5.41, 5.74) is 0. The molecule has 0 bridgehead atoms. The molecule has 0 N–H and O–H groups in total. The Hall–Kier alpha value is 0. The SMILES string of the molecule is CC(C)C1CCCC(C)C(C)C1C. The molecule has 0 radical (unpaired) electrons. The van der Waals surface area contributed by atoms with Crippen LogP contribution in [0.4, 0.5) is 0 Å². The molecule has 4 unspecified atom stereocenters. The summed E-state index contributed by atoms with van der Waals surface area (Å²) in [6, 6.07) is 0. The van der Waals surface area contributed by atoms with Crippen LogP contribution in [0.2, 0.25) is 0 Å². The average molecular weight is 182 g/mol. The first kappa shape index (κ1) is 11.1. The van der Waals surface area contributed by atoms with Crippen LogP contribution in [0, 0.1) is 29.6 Å². The zero-order valence-electron chi connectivity index (χ0n) is 10.0. The Balaban J connectivity index is 2.66. The second kappa shape index (κ2) is 4.48. The van der Waals surface area contributed by atoms with Gasteiger partial charge in [-0.05, 0) is 36.0 Å². The first-order chi connectivity index (χ1) is 6.04. The van der Waals surface area contributed by atoms with E-state index >= 15 is 0 Å². The van der Waals surface area contributed by atoms with Gasteiger partial charge in [-0.15, -0.1) is 0 Å². The predicted molar refractivity (Wildman–Crippen MR) is 59.7 cm³/mol. The van der Waals surface area contributed by atoms with Crippen LogP contribution in [0.15, 0.2) is 0 Å². The molecule has 1 fully saturated rings. The molecule has 1 saturated carbocycles. The predicted octanol–water partition coefficient (Wildman–Crippen LogP) is 4.35. The number of rotatable bonds is 1. The number of hydrogen-bond donors (Lipinski definition) is 0. The maximum absolute atomic E-state index is 2.47. The van der Waals surface area contributed by atoms with E-state index < -0.39 is 0 Å². The van der Waals surface area contributed by atoms with Crippen LogP contribution in [0.3, 0.4) is 0 Å². The van der Waals surface area contributed by atoms with Gasteiger partial charge in [0.25, 0.3) is 0 Å². The third-order valence-electron chi connectivity index (χ3n) is 4.46. The van der Waals surface area contributed by atoms with E-state index in [1.54, 1.807) is 0 Å². The standard InChI is InChI=1S/C13H26/c1-9(2)13-8-6-7-10(3)11(4)12(13)5/h9-13H,6-8H2,1-5H3. The lowest BCUT2D eigenvalue weighted by Crippen LogP contribution is -2.24. The highest BCUT2D eigenvalue weighted by Crippen LogP contribution is 2.39. The summed E-state index contributed by atoms with van der Waals surface area (Å²) >= 11 is 0. The molecule has 0 heterocycles. The lowest BCUT2D eigenvalue weighted by Gasteiger charge is -2.31. The lowest BCUT2D eigenvalue weighted by molar-refractivity contribution is 0.181. The summed E-state index contributed by atoms with van der Waals surface area (Å²) in [5, 5.41) is 0. The topological polar surface area (TPSA) is 0 Å². The smallest absolute Gasteiger partial charge is 0.0363 e. The van der Waals surface area contributed by atoms with Gasteiger partial charge in [0, 0.05) is 0 Å². The summed E-state index contributed by atoms with van der Waals surface area (Å²) in [6.07, 6.45) is 4.38. The molecule has 0 aliphatic heterocycles. The maximum atomic E-state index is 2.47. The van der Waals surface area contributed by atoms with Crippen molar-refractivity contribution in [3.05, 3.63) is 0 Å². The van der Waals surface area contributed by atoms with Crippen LogP contribution >= 0.6 is 0 Å². The fourth-order valence-electron chi connectivity index (χ4n) is 3.05. The van der Waals surface area contributed by atoms with Crippen molar-refractivity contribution < 1.29 is 0 Å². The quantitative estimate of drug-likeness (QED) is 0.529. The van der Waals surface area contributed by atoms with Crippen LogP contribution in [0.5, 0.6) is 0 Å². The van der Waals surface area contributed by atoms with Gasteiger partial charge in [-0.3, -0.25) is 0 Å². The molecule has 78 valence electrons. The highest BCUT2D eigenvalue weighted by Gasteiger charge is 2.30. The van der Waals surface area contributed by atoms with Crippen LogP contribution in [-0.2, 0) is 0 Å². The van der Waals surface area contributed by atoms with Gasteiger partial charge in [-0.25, -0.2) is 0 Å². The van der Waals surface area contributed by atoms with Crippen LogP contribution in [0.25, 0.3) is 0 Å². The fourth-order valence-corrected chi connectivity index (χ4v) is 3.05. The minimum atomic E-state index is 0.878. The summed E-state index contributed by atoms with van der Waals surface area (Å²) in [5.74, 6) is 4.65. The zero-order valence-corrected chi connectivity index (χ0v) is 10.0. The van der Waals surface area contributed by atoms with Gasteiger partial charge in [0.15, 0.2) is 0 Å². The van der Waals surface area contributed by atoms with Gasteiger partial charge in [0.2, 0.25) is 0 Å². The molecule has 4 atom stereocenters. The molecule has 1 aliphatic carbocycles. The largest absolute Gasteiger partial charge is 0.0625 e. The van der Waals surface area contributed by atoms with E-state index in [0.29, 0.717) is 0 Å². The Bertz CT molecular complexity index is 148. The Kier molecular flexibility index (Phi) is 3.82. The molecule has 0 aromatic heterocycles. The molecule has 1 rings (SSSR count). The van der Waals surface area contributed by atoms with Crippen molar-refractivity contribution in [3.8, 4) is 0 Å². The van der Waals surface area contributed by atoms with Crippen molar-refractivity contribution in [2.75, 3.05) is 0 Å². The van der Waals surface area contributed by atoms with E-state index in [1.165, 1.54) is 19.3 Å². The third-order valence-corrected chi connectivity index (χ3v) is 4.46. The Morgan fingerprint density at radius 2 is 1.54 bits per heavy atom. The first-order valence-electron chi connectivity index (χ1n) is 6.04. The van der Waals surface area contributed by atoms with Gasteiger partial charge >= 0.3 is 0 Å². The second-order valence-electron chi connectivity index (χ2n) is 5.53. The van der Waals surface area contributed by atoms with E-state index in [-0.39, 0.29) is 0 Å². The van der Waals surface area contributed by atoms with Crippen molar-refractivity contribution in [1.29, 1.82) is 0 Å². The van der Waals surface area contributed by atoms with Crippen LogP contribution in [0.1, 0.15) is 53.9 Å². The molecule has 0 saturated heterocycles. The molecule has 0 aromatic carbocycles. The second-order valence-corrected chi connectivity index (χ2v) is 5.53. The summed E-state index contributed by atoms with van der Waals surface area (Å²) in [7, 11) is 0. The van der Waals surface area contributed by atoms with Gasteiger partial charge in [-0.1, -0.05) is 47.5 Å². The molecular weight excluding hydrogens is 156 g/mol. The van der Waals surface area contributed by atoms with Crippen molar-refractivity contribution in [1.82, 2.24) is 0 Å². The van der Waals surface area contributed by atoms with Crippen molar-refractivity contribution in [3.63, 3.8) is 0 Å². The Labute approximate surface area is 84.1 Å². The average Bonchev–Trinajstić information content (AvgIpc) is 2.18. The minimum absolute atomic E-state index is 0.878. The van der Waals surface area contributed by atoms with Crippen molar-refractivity contribution >= 4 is 0 Å². The maximum Gasteiger partial charge on any atom is -0.0363 e. The van der Waals surface area contributed by atoms with E-state index in [2.05, 4.69) is 34.6 Å². The van der Waals surface area contributed by atoms with Crippen molar-refractivity contribution in [2.24, 2.45) is 29.6 Å². The Morgan fingerprint density at radius 3 is 2.08 bits per heavy atom. The normalized spacial score (nSPS) is 42.0. The highest BCUT2D eigenvalue weighted by molar-refractivity contribution is 4.80. The van der Waals surface area contributed by atoms with Gasteiger partial charge in [0.05, 0.1) is 0 Å². The summed E-state index contributed by atoms with van der Waals surface area (Å²) in [4.78, 5) is 0. The first-order valence-corrected chi connectivity index (χ1v) is 6.04. The van der Waals surface area contributed by atoms with Crippen LogP contribution < -0.4 is 0 Å². The van der Waals surface area contributed by atoms with Gasteiger partial charge in [-0.2, -0.15) is 0 Å². The molecule has 0 nitrogen and oxygen atoms in total. The number of hydrogen-bond acceptors (Lipinski definition) is 0. The molecule has 1 aliphatic rings. The molecule has 0 spiro atoms. The van der Waals surface area contributed by atoms with Gasteiger partial charge in [0.1, 0.15) is 0 Å². The fraction of sp³-hybridized carbons (Fsp3) is 1.00.